The van der Waals surface area contributed by atoms with Crippen molar-refractivity contribution in [2.24, 2.45) is 17.4 Å². The predicted octanol–water partition coefficient (Wildman–Crippen LogP) is 4.36. The van der Waals surface area contributed by atoms with Crippen molar-refractivity contribution in [2.75, 3.05) is 5.32 Å². The molecule has 7 heteroatoms. The molecule has 0 aliphatic rings. The van der Waals surface area contributed by atoms with Crippen LogP contribution in [0.25, 0.3) is 11.1 Å². The number of pyridine rings is 1. The first-order chi connectivity index (χ1) is 11.3. The molecule has 5 nitrogen and oxygen atoms in total. The summed E-state index contributed by atoms with van der Waals surface area (Å²) in [7, 11) is 0. The van der Waals surface area contributed by atoms with E-state index >= 15 is 0 Å². The lowest BCUT2D eigenvalue weighted by Crippen LogP contribution is -2.22. The number of nitrogens with two attached hydrogens (primary N) is 2. The molecule has 5 N–H and O–H groups in total. The molecule has 1 aromatic carbocycles. The first-order valence-electron chi connectivity index (χ1n) is 8.19. The van der Waals surface area contributed by atoms with Crippen molar-refractivity contribution in [3.05, 3.63) is 46.8 Å². The fourth-order valence-electron chi connectivity index (χ4n) is 2.89. The Morgan fingerprint density at radius 1 is 1.15 bits per heavy atom. The van der Waals surface area contributed by atoms with Gasteiger partial charge in [-0.1, -0.05) is 43.7 Å². The zero-order valence-corrected chi connectivity index (χ0v) is 17.3. The number of halogens is 2. The number of hydrogen-bond donors (Lipinski definition) is 3. The van der Waals surface area contributed by atoms with Crippen molar-refractivity contribution >= 4 is 36.5 Å². The number of carbonyl (C=O) groups is 1. The molecular formula is C19H28Cl2N4O. The molecule has 2 aromatic rings. The summed E-state index contributed by atoms with van der Waals surface area (Å²) in [5.41, 5.74) is 17.8. The molecule has 2 rings (SSSR count). The average Bonchev–Trinajstić information content (AvgIpc) is 2.49. The fourth-order valence-corrected chi connectivity index (χ4v) is 2.89. The van der Waals surface area contributed by atoms with E-state index in [2.05, 4.69) is 19.2 Å². The van der Waals surface area contributed by atoms with Gasteiger partial charge in [0.05, 0.1) is 11.4 Å². The Morgan fingerprint density at radius 3 is 2.19 bits per heavy atom. The normalized spacial score (nSPS) is 10.1. The van der Waals surface area contributed by atoms with Crippen LogP contribution >= 0.6 is 24.8 Å². The number of nitrogens with one attached hydrogen (secondary N) is 1. The van der Waals surface area contributed by atoms with Crippen LogP contribution in [0.2, 0.25) is 0 Å². The quantitative estimate of drug-likeness (QED) is 0.697. The molecule has 1 aromatic heterocycles. The highest BCUT2D eigenvalue weighted by atomic mass is 35.5. The van der Waals surface area contributed by atoms with E-state index in [1.165, 1.54) is 5.56 Å². The maximum Gasteiger partial charge on any atom is 0.316 e. The van der Waals surface area contributed by atoms with Gasteiger partial charge in [-0.3, -0.25) is 4.98 Å². The number of benzene rings is 1. The van der Waals surface area contributed by atoms with Gasteiger partial charge in [0.15, 0.2) is 0 Å². The summed E-state index contributed by atoms with van der Waals surface area (Å²) in [5, 5.41) is 2.73. The summed E-state index contributed by atoms with van der Waals surface area (Å²) in [6.07, 6.45) is 0.836. The van der Waals surface area contributed by atoms with Crippen LogP contribution in [0, 0.1) is 19.8 Å². The van der Waals surface area contributed by atoms with E-state index in [1.54, 1.807) is 0 Å². The molecule has 2 amide bonds. The molecule has 0 radical (unpaired) electrons. The van der Waals surface area contributed by atoms with Crippen molar-refractivity contribution in [1.29, 1.82) is 0 Å². The van der Waals surface area contributed by atoms with Crippen LogP contribution in [-0.4, -0.2) is 11.0 Å². The van der Waals surface area contributed by atoms with E-state index < -0.39 is 6.03 Å². The van der Waals surface area contributed by atoms with Crippen LogP contribution in [0.3, 0.4) is 0 Å². The number of urea groups is 1. The molecule has 0 fully saturated rings. The Labute approximate surface area is 167 Å². The Hall–Kier alpha value is -1.82. The largest absolute Gasteiger partial charge is 0.351 e. The van der Waals surface area contributed by atoms with Crippen molar-refractivity contribution in [2.45, 2.75) is 40.7 Å². The summed E-state index contributed by atoms with van der Waals surface area (Å²) >= 11 is 0. The molecule has 0 spiro atoms. The molecule has 0 aliphatic carbocycles. The molecule has 0 atom stereocenters. The minimum absolute atomic E-state index is 0. The Kier molecular flexibility index (Phi) is 9.63. The van der Waals surface area contributed by atoms with Gasteiger partial charge in [0.25, 0.3) is 0 Å². The van der Waals surface area contributed by atoms with Crippen LogP contribution in [0.5, 0.6) is 0 Å². The third-order valence-corrected chi connectivity index (χ3v) is 3.96. The third kappa shape index (κ3) is 5.59. The lowest BCUT2D eigenvalue weighted by molar-refractivity contribution is 0.259. The zero-order chi connectivity index (χ0) is 17.9. The fraction of sp³-hybridized carbons (Fsp3) is 0.368. The van der Waals surface area contributed by atoms with Gasteiger partial charge in [0.1, 0.15) is 0 Å². The van der Waals surface area contributed by atoms with Crippen molar-refractivity contribution < 1.29 is 4.79 Å². The summed E-state index contributed by atoms with van der Waals surface area (Å²) in [6.45, 7) is 8.58. The molecule has 1 heterocycles. The maximum atomic E-state index is 11.5. The number of primary amides is 1. The number of rotatable bonds is 5. The Balaban J connectivity index is 0.00000312. The highest BCUT2D eigenvalue weighted by Gasteiger charge is 2.20. The van der Waals surface area contributed by atoms with E-state index in [-0.39, 0.29) is 24.8 Å². The van der Waals surface area contributed by atoms with Gasteiger partial charge in [0, 0.05) is 17.8 Å². The minimum atomic E-state index is -0.604. The van der Waals surface area contributed by atoms with Gasteiger partial charge < -0.3 is 16.8 Å². The zero-order valence-electron chi connectivity index (χ0n) is 15.6. The molecule has 144 valence electrons. The van der Waals surface area contributed by atoms with Gasteiger partial charge in [-0.05, 0) is 37.3 Å². The monoisotopic (exact) mass is 398 g/mol. The van der Waals surface area contributed by atoms with Gasteiger partial charge in [0.2, 0.25) is 0 Å². The van der Waals surface area contributed by atoms with Crippen LogP contribution < -0.4 is 16.8 Å². The maximum absolute atomic E-state index is 11.5. The first kappa shape index (κ1) is 24.2. The van der Waals surface area contributed by atoms with E-state index in [1.807, 2.05) is 38.1 Å². The highest BCUT2D eigenvalue weighted by Crippen LogP contribution is 2.36. The van der Waals surface area contributed by atoms with Crippen LogP contribution in [0.15, 0.2) is 24.3 Å². The Morgan fingerprint density at radius 2 is 1.73 bits per heavy atom. The average molecular weight is 399 g/mol. The SMILES string of the molecule is Cc1ccc(-c2c(CN)c(CC(C)C)nc(C)c2NC(N)=O)cc1.Cl.Cl. The lowest BCUT2D eigenvalue weighted by Gasteiger charge is -2.21. The summed E-state index contributed by atoms with van der Waals surface area (Å²) in [5.74, 6) is 0.461. The number of aryl methyl sites for hydroxylation is 2. The number of nitrogens with zero attached hydrogens (tertiary/aromatic N) is 1. The first-order valence-corrected chi connectivity index (χ1v) is 8.19. The minimum Gasteiger partial charge on any atom is -0.351 e. The highest BCUT2D eigenvalue weighted by molar-refractivity contribution is 5.95. The van der Waals surface area contributed by atoms with Gasteiger partial charge in [-0.2, -0.15) is 0 Å². The van der Waals surface area contributed by atoms with Crippen LogP contribution in [0.4, 0.5) is 10.5 Å². The molecule has 0 saturated heterocycles. The third-order valence-electron chi connectivity index (χ3n) is 3.96. The summed E-state index contributed by atoms with van der Waals surface area (Å²) in [4.78, 5) is 16.2. The van der Waals surface area contributed by atoms with Gasteiger partial charge in [-0.25, -0.2) is 4.79 Å². The van der Waals surface area contributed by atoms with Crippen LogP contribution in [-0.2, 0) is 13.0 Å². The summed E-state index contributed by atoms with van der Waals surface area (Å²) < 4.78 is 0. The van der Waals surface area contributed by atoms with E-state index in [9.17, 15) is 4.79 Å². The number of anilines is 1. The standard InChI is InChI=1S/C19H26N4O.2ClH/c1-11(2)9-16-15(10-20)17(14-7-5-12(3)6-8-14)18(13(4)22-16)23-19(21)24;;/h5-8,11H,9-10,20H2,1-4H3,(H3,21,23,24);2*1H. The molecule has 0 aliphatic heterocycles. The molecule has 0 bridgehead atoms. The lowest BCUT2D eigenvalue weighted by atomic mass is 9.92. The topological polar surface area (TPSA) is 94.0 Å². The summed E-state index contributed by atoms with van der Waals surface area (Å²) in [6, 6.07) is 7.56. The second-order valence-corrected chi connectivity index (χ2v) is 6.53. The van der Waals surface area contributed by atoms with Gasteiger partial charge >= 0.3 is 6.03 Å². The Bertz CT molecular complexity index is 746. The van der Waals surface area contributed by atoms with E-state index in [0.29, 0.717) is 18.2 Å². The number of hydrogen-bond acceptors (Lipinski definition) is 3. The molecule has 0 unspecified atom stereocenters. The van der Waals surface area contributed by atoms with Crippen LogP contribution in [0.1, 0.15) is 36.4 Å². The number of aromatic nitrogens is 1. The second-order valence-electron chi connectivity index (χ2n) is 6.53. The molecular weight excluding hydrogens is 371 g/mol. The van der Waals surface area contributed by atoms with Crippen molar-refractivity contribution in [1.82, 2.24) is 4.98 Å². The van der Waals surface area contributed by atoms with Crippen molar-refractivity contribution in [3.63, 3.8) is 0 Å². The van der Waals surface area contributed by atoms with Crippen molar-refractivity contribution in [3.8, 4) is 11.1 Å². The van der Waals surface area contributed by atoms with Gasteiger partial charge in [-0.15, -0.1) is 24.8 Å². The van der Waals surface area contributed by atoms with E-state index in [0.717, 1.165) is 34.5 Å². The number of amides is 2. The number of carbonyl (C=O) groups excluding carboxylic acids is 1. The predicted molar refractivity (Wildman–Crippen MR) is 113 cm³/mol. The molecule has 0 saturated carbocycles. The second kappa shape index (κ2) is 10.4. The smallest absolute Gasteiger partial charge is 0.316 e. The van der Waals surface area contributed by atoms with E-state index in [4.69, 9.17) is 16.5 Å². The molecule has 26 heavy (non-hydrogen) atoms.